The third kappa shape index (κ3) is 5.80. The summed E-state index contributed by atoms with van der Waals surface area (Å²) < 4.78 is 5.32. The fourth-order valence-corrected chi connectivity index (χ4v) is 2.37. The molecule has 2 aromatic carbocycles. The molecule has 2 aromatic rings. The minimum Gasteiger partial charge on any atom is -0.459 e. The summed E-state index contributed by atoms with van der Waals surface area (Å²) in [5.74, 6) is -0.626. The van der Waals surface area contributed by atoms with E-state index < -0.39 is 18.0 Å². The summed E-state index contributed by atoms with van der Waals surface area (Å²) in [4.78, 5) is 24.5. The summed E-state index contributed by atoms with van der Waals surface area (Å²) >= 11 is 6.05. The van der Waals surface area contributed by atoms with Crippen molar-refractivity contribution in [3.8, 4) is 0 Å². The molecule has 132 valence electrons. The first-order valence-electron chi connectivity index (χ1n) is 8.00. The van der Waals surface area contributed by atoms with Crippen molar-refractivity contribution < 1.29 is 14.3 Å². The number of esters is 1. The highest BCUT2D eigenvalue weighted by molar-refractivity contribution is 6.31. The number of nitrogens with one attached hydrogen (secondary N) is 2. The molecule has 0 saturated carbocycles. The molecule has 5 nitrogen and oxygen atoms in total. The molecule has 0 aliphatic carbocycles. The maximum Gasteiger partial charge on any atom is 0.329 e. The van der Waals surface area contributed by atoms with Gasteiger partial charge < -0.3 is 15.4 Å². The highest BCUT2D eigenvalue weighted by atomic mass is 35.5. The van der Waals surface area contributed by atoms with Crippen LogP contribution in [0.15, 0.2) is 54.6 Å². The first-order valence-corrected chi connectivity index (χ1v) is 8.37. The molecular weight excluding hydrogens is 340 g/mol. The maximum absolute atomic E-state index is 12.3. The fourth-order valence-electron chi connectivity index (χ4n) is 2.18. The Morgan fingerprint density at radius 3 is 2.32 bits per heavy atom. The monoisotopic (exact) mass is 360 g/mol. The van der Waals surface area contributed by atoms with Gasteiger partial charge in [-0.05, 0) is 24.1 Å². The van der Waals surface area contributed by atoms with Crippen molar-refractivity contribution in [3.05, 3.63) is 65.2 Å². The van der Waals surface area contributed by atoms with Crippen LogP contribution in [0.3, 0.4) is 0 Å². The largest absolute Gasteiger partial charge is 0.459 e. The van der Waals surface area contributed by atoms with Gasteiger partial charge in [0.2, 0.25) is 0 Å². The van der Waals surface area contributed by atoms with Crippen molar-refractivity contribution in [2.45, 2.75) is 26.5 Å². The van der Waals surface area contributed by atoms with Crippen LogP contribution in [0.1, 0.15) is 19.4 Å². The van der Waals surface area contributed by atoms with Gasteiger partial charge in [-0.1, -0.05) is 61.8 Å². The predicted molar refractivity (Wildman–Crippen MR) is 98.5 cm³/mol. The highest BCUT2D eigenvalue weighted by Gasteiger charge is 2.26. The molecule has 25 heavy (non-hydrogen) atoms. The van der Waals surface area contributed by atoms with Gasteiger partial charge in [-0.15, -0.1) is 0 Å². The van der Waals surface area contributed by atoms with Gasteiger partial charge in [0.1, 0.15) is 12.6 Å². The lowest BCUT2D eigenvalue weighted by molar-refractivity contribution is -0.148. The van der Waals surface area contributed by atoms with Gasteiger partial charge in [0, 0.05) is 16.3 Å². The van der Waals surface area contributed by atoms with Crippen LogP contribution in [0.2, 0.25) is 5.02 Å². The molecule has 0 spiro atoms. The van der Waals surface area contributed by atoms with Crippen LogP contribution in [-0.2, 0) is 16.1 Å². The Hall–Kier alpha value is -2.53. The number of hydrogen-bond donors (Lipinski definition) is 2. The summed E-state index contributed by atoms with van der Waals surface area (Å²) in [6, 6.07) is 14.9. The first-order chi connectivity index (χ1) is 12.0. The molecule has 1 atom stereocenters. The lowest BCUT2D eigenvalue weighted by atomic mass is 10.1. The van der Waals surface area contributed by atoms with Gasteiger partial charge in [-0.3, -0.25) is 0 Å². The molecule has 0 fully saturated rings. The lowest BCUT2D eigenvalue weighted by Gasteiger charge is -2.21. The van der Waals surface area contributed by atoms with Crippen LogP contribution in [0.4, 0.5) is 10.5 Å². The molecule has 0 bridgehead atoms. The maximum atomic E-state index is 12.3. The van der Waals surface area contributed by atoms with E-state index in [1.54, 1.807) is 30.3 Å². The van der Waals surface area contributed by atoms with E-state index >= 15 is 0 Å². The molecule has 2 N–H and O–H groups in total. The fraction of sp³-hybridized carbons (Fsp3) is 0.263. The minimum atomic E-state index is -0.758. The zero-order chi connectivity index (χ0) is 18.2. The van der Waals surface area contributed by atoms with E-state index in [0.29, 0.717) is 16.3 Å². The van der Waals surface area contributed by atoms with Crippen LogP contribution in [-0.4, -0.2) is 18.0 Å². The molecule has 0 unspecified atom stereocenters. The van der Waals surface area contributed by atoms with E-state index in [-0.39, 0.29) is 12.5 Å². The zero-order valence-corrected chi connectivity index (χ0v) is 14.9. The number of benzene rings is 2. The van der Waals surface area contributed by atoms with Gasteiger partial charge in [0.25, 0.3) is 0 Å². The van der Waals surface area contributed by atoms with Gasteiger partial charge >= 0.3 is 12.0 Å². The Balaban J connectivity index is 1.93. The van der Waals surface area contributed by atoms with Crippen LogP contribution in [0.25, 0.3) is 0 Å². The van der Waals surface area contributed by atoms with E-state index in [1.165, 1.54) is 0 Å². The Morgan fingerprint density at radius 1 is 1.04 bits per heavy atom. The topological polar surface area (TPSA) is 67.4 Å². The smallest absolute Gasteiger partial charge is 0.329 e. The molecule has 0 aliphatic rings. The number of para-hydroxylation sites is 1. The molecule has 6 heteroatoms. The number of halogens is 1. The minimum absolute atomic E-state index is 0.0592. The van der Waals surface area contributed by atoms with E-state index in [0.717, 1.165) is 0 Å². The number of carbonyl (C=O) groups is 2. The second-order valence-electron chi connectivity index (χ2n) is 5.89. The van der Waals surface area contributed by atoms with Crippen molar-refractivity contribution in [3.63, 3.8) is 0 Å². The number of hydrogen-bond acceptors (Lipinski definition) is 3. The first kappa shape index (κ1) is 18.8. The summed E-state index contributed by atoms with van der Waals surface area (Å²) in [5, 5.41) is 5.88. The Bertz CT molecular complexity index is 720. The third-order valence-electron chi connectivity index (χ3n) is 3.57. The molecule has 0 saturated heterocycles. The molecular formula is C19H21ClN2O3. The van der Waals surface area contributed by atoms with E-state index in [4.69, 9.17) is 16.3 Å². The average Bonchev–Trinajstić information content (AvgIpc) is 2.59. The molecule has 0 radical (unpaired) electrons. The second-order valence-corrected chi connectivity index (χ2v) is 6.29. The lowest BCUT2D eigenvalue weighted by Crippen LogP contribution is -2.47. The van der Waals surface area contributed by atoms with E-state index in [9.17, 15) is 9.59 Å². The number of amides is 2. The van der Waals surface area contributed by atoms with Crippen molar-refractivity contribution in [1.82, 2.24) is 5.32 Å². The van der Waals surface area contributed by atoms with Crippen molar-refractivity contribution in [2.75, 3.05) is 5.32 Å². The highest BCUT2D eigenvalue weighted by Crippen LogP contribution is 2.16. The number of urea groups is 1. The van der Waals surface area contributed by atoms with Gasteiger partial charge in [-0.25, -0.2) is 9.59 Å². The molecule has 0 heterocycles. The van der Waals surface area contributed by atoms with Crippen LogP contribution < -0.4 is 10.6 Å². The molecule has 0 aliphatic heterocycles. The van der Waals surface area contributed by atoms with Gasteiger partial charge in [0.05, 0.1) is 0 Å². The number of rotatable bonds is 6. The second kappa shape index (κ2) is 9.08. The third-order valence-corrected chi connectivity index (χ3v) is 3.94. The number of ether oxygens (including phenoxy) is 1. The van der Waals surface area contributed by atoms with E-state index in [2.05, 4.69) is 10.6 Å². The average molecular weight is 361 g/mol. The van der Waals surface area contributed by atoms with Crippen LogP contribution in [0, 0.1) is 5.92 Å². The quantitative estimate of drug-likeness (QED) is 0.757. The van der Waals surface area contributed by atoms with Crippen molar-refractivity contribution in [1.29, 1.82) is 0 Å². The Kier molecular flexibility index (Phi) is 6.83. The van der Waals surface area contributed by atoms with Crippen molar-refractivity contribution >= 4 is 29.3 Å². The van der Waals surface area contributed by atoms with Gasteiger partial charge in [-0.2, -0.15) is 0 Å². The summed E-state index contributed by atoms with van der Waals surface area (Å²) in [6.07, 6.45) is 0. The standard InChI is InChI=1S/C19H21ClN2O3/c1-13(2)17(22-19(24)21-15-9-4-3-5-10-15)18(23)25-12-14-8-6-7-11-16(14)20/h3-11,13,17H,12H2,1-2H3,(H2,21,22,24)/t17-/m1/s1. The molecule has 0 aromatic heterocycles. The summed E-state index contributed by atoms with van der Waals surface area (Å²) in [6.45, 7) is 3.73. The van der Waals surface area contributed by atoms with Crippen LogP contribution in [0.5, 0.6) is 0 Å². The van der Waals surface area contributed by atoms with Gasteiger partial charge in [0.15, 0.2) is 0 Å². The number of anilines is 1. The SMILES string of the molecule is CC(C)[C@@H](NC(=O)Nc1ccccc1)C(=O)OCc1ccccc1Cl. The zero-order valence-electron chi connectivity index (χ0n) is 14.2. The number of carbonyl (C=O) groups excluding carboxylic acids is 2. The summed E-state index contributed by atoms with van der Waals surface area (Å²) in [5.41, 5.74) is 1.36. The summed E-state index contributed by atoms with van der Waals surface area (Å²) in [7, 11) is 0. The molecule has 2 amide bonds. The van der Waals surface area contributed by atoms with Crippen molar-refractivity contribution in [2.24, 2.45) is 5.92 Å². The Morgan fingerprint density at radius 2 is 1.68 bits per heavy atom. The normalized spacial score (nSPS) is 11.7. The Labute approximate surface area is 152 Å². The van der Waals surface area contributed by atoms with E-state index in [1.807, 2.05) is 38.1 Å². The molecule has 2 rings (SSSR count). The predicted octanol–water partition coefficient (Wildman–Crippen LogP) is 4.23. The van der Waals surface area contributed by atoms with Crippen LogP contribution >= 0.6 is 11.6 Å².